The van der Waals surface area contributed by atoms with Gasteiger partial charge in [-0.05, 0) is 38.3 Å². The quantitative estimate of drug-likeness (QED) is 0.824. The summed E-state index contributed by atoms with van der Waals surface area (Å²) in [4.78, 5) is 38.1. The number of aryl methyl sites for hydroxylation is 1. The van der Waals surface area contributed by atoms with Crippen LogP contribution in [-0.2, 0) is 0 Å². The highest BCUT2D eigenvalue weighted by Crippen LogP contribution is 2.25. The van der Waals surface area contributed by atoms with E-state index >= 15 is 0 Å². The first-order valence-electron chi connectivity index (χ1n) is 10.3. The van der Waals surface area contributed by atoms with Crippen LogP contribution in [0.1, 0.15) is 60.2 Å². The van der Waals surface area contributed by atoms with Crippen molar-refractivity contribution in [1.29, 1.82) is 0 Å². The summed E-state index contributed by atoms with van der Waals surface area (Å²) in [6.45, 7) is 3.32. The maximum Gasteiger partial charge on any atom is 0.317 e. The molecule has 1 saturated heterocycles. The minimum Gasteiger partial charge on any atom is -0.335 e. The number of aromatic nitrogens is 4. The van der Waals surface area contributed by atoms with Gasteiger partial charge in [0, 0.05) is 37.1 Å². The van der Waals surface area contributed by atoms with Gasteiger partial charge in [0.15, 0.2) is 5.82 Å². The zero-order valence-corrected chi connectivity index (χ0v) is 16.7. The lowest BCUT2D eigenvalue weighted by molar-refractivity contribution is 0.0669. The zero-order valence-electron chi connectivity index (χ0n) is 16.7. The molecule has 9 nitrogen and oxygen atoms in total. The lowest BCUT2D eigenvalue weighted by atomic mass is 10.1. The van der Waals surface area contributed by atoms with Gasteiger partial charge in [-0.3, -0.25) is 14.9 Å². The third-order valence-electron chi connectivity index (χ3n) is 5.67. The van der Waals surface area contributed by atoms with Gasteiger partial charge in [0.2, 0.25) is 0 Å². The number of hydrogen-bond acceptors (Lipinski definition) is 5. The normalized spacial score (nSPS) is 20.5. The lowest BCUT2D eigenvalue weighted by Crippen LogP contribution is -2.46. The minimum absolute atomic E-state index is 0.0626. The summed E-state index contributed by atoms with van der Waals surface area (Å²) in [6.07, 6.45) is 8.33. The average molecular weight is 397 g/mol. The fourth-order valence-corrected chi connectivity index (χ4v) is 4.14. The van der Waals surface area contributed by atoms with Crippen LogP contribution in [0.5, 0.6) is 0 Å². The summed E-state index contributed by atoms with van der Waals surface area (Å²) < 4.78 is 0. The first-order valence-corrected chi connectivity index (χ1v) is 10.3. The van der Waals surface area contributed by atoms with E-state index in [0.29, 0.717) is 43.3 Å². The second-order valence-electron chi connectivity index (χ2n) is 7.76. The molecule has 1 saturated carbocycles. The molecule has 29 heavy (non-hydrogen) atoms. The van der Waals surface area contributed by atoms with Gasteiger partial charge in [-0.2, -0.15) is 5.10 Å². The second-order valence-corrected chi connectivity index (χ2v) is 7.76. The number of amides is 3. The molecule has 0 aromatic carbocycles. The van der Waals surface area contributed by atoms with Gasteiger partial charge < -0.3 is 15.1 Å². The van der Waals surface area contributed by atoms with Crippen molar-refractivity contribution in [3.8, 4) is 0 Å². The minimum atomic E-state index is -0.405. The molecule has 3 heterocycles. The Morgan fingerprint density at radius 2 is 1.90 bits per heavy atom. The summed E-state index contributed by atoms with van der Waals surface area (Å²) in [6, 6.07) is 3.20. The molecule has 1 aliphatic heterocycles. The highest BCUT2D eigenvalue weighted by Gasteiger charge is 2.35. The fourth-order valence-electron chi connectivity index (χ4n) is 4.14. The molecule has 4 rings (SSSR count). The van der Waals surface area contributed by atoms with E-state index in [2.05, 4.69) is 25.5 Å². The third-order valence-corrected chi connectivity index (χ3v) is 5.67. The summed E-state index contributed by atoms with van der Waals surface area (Å²) in [5.41, 5.74) is 0.570. The van der Waals surface area contributed by atoms with E-state index in [9.17, 15) is 9.59 Å². The standard InChI is InChI=1S/C20H27N7O2/c1-14-22-18(25-24-14)17-13-26(20(29)23-16-5-2-3-6-16)11-4-12-27(17)19(28)15-7-9-21-10-8-15/h7-10,16-17H,2-6,11-13H2,1H3,(H,23,29)(H,22,24,25). The number of H-pyrrole nitrogens is 1. The van der Waals surface area contributed by atoms with E-state index in [1.165, 1.54) is 0 Å². The number of pyridine rings is 1. The van der Waals surface area contributed by atoms with Crippen molar-refractivity contribution in [3.05, 3.63) is 41.7 Å². The SMILES string of the molecule is Cc1nc(C2CN(C(=O)NC3CCCC3)CCCN2C(=O)c2ccncc2)n[nH]1. The Bertz CT molecular complexity index is 848. The molecule has 154 valence electrons. The summed E-state index contributed by atoms with van der Waals surface area (Å²) in [7, 11) is 0. The Kier molecular flexibility index (Phi) is 5.73. The van der Waals surface area contributed by atoms with E-state index in [4.69, 9.17) is 0 Å². The molecule has 1 atom stereocenters. The van der Waals surface area contributed by atoms with Crippen LogP contribution in [0.2, 0.25) is 0 Å². The molecule has 2 aromatic rings. The number of carbonyl (C=O) groups excluding carboxylic acids is 2. The van der Waals surface area contributed by atoms with Crippen molar-refractivity contribution in [1.82, 2.24) is 35.3 Å². The molecular formula is C20H27N7O2. The molecule has 1 aliphatic carbocycles. The number of rotatable bonds is 3. The summed E-state index contributed by atoms with van der Waals surface area (Å²) >= 11 is 0. The van der Waals surface area contributed by atoms with Crippen molar-refractivity contribution in [3.63, 3.8) is 0 Å². The number of urea groups is 1. The van der Waals surface area contributed by atoms with Gasteiger partial charge in [-0.15, -0.1) is 0 Å². The topological polar surface area (TPSA) is 107 Å². The van der Waals surface area contributed by atoms with Crippen LogP contribution in [0.25, 0.3) is 0 Å². The molecule has 1 unspecified atom stereocenters. The summed E-state index contributed by atoms with van der Waals surface area (Å²) in [5.74, 6) is 1.12. The van der Waals surface area contributed by atoms with Crippen LogP contribution >= 0.6 is 0 Å². The predicted molar refractivity (Wildman–Crippen MR) is 106 cm³/mol. The molecule has 0 spiro atoms. The van der Waals surface area contributed by atoms with Crippen LogP contribution < -0.4 is 5.32 Å². The lowest BCUT2D eigenvalue weighted by Gasteiger charge is -2.30. The Hall–Kier alpha value is -2.97. The molecular weight excluding hydrogens is 370 g/mol. The van der Waals surface area contributed by atoms with Crippen LogP contribution in [-0.4, -0.2) is 67.6 Å². The largest absolute Gasteiger partial charge is 0.335 e. The van der Waals surface area contributed by atoms with Crippen molar-refractivity contribution < 1.29 is 9.59 Å². The monoisotopic (exact) mass is 397 g/mol. The fraction of sp³-hybridized carbons (Fsp3) is 0.550. The molecule has 2 fully saturated rings. The number of hydrogen-bond donors (Lipinski definition) is 2. The van der Waals surface area contributed by atoms with Gasteiger partial charge in [0.05, 0.1) is 6.54 Å². The Morgan fingerprint density at radius 3 is 2.59 bits per heavy atom. The maximum atomic E-state index is 13.2. The Morgan fingerprint density at radius 1 is 1.14 bits per heavy atom. The molecule has 2 aliphatic rings. The highest BCUT2D eigenvalue weighted by molar-refractivity contribution is 5.94. The van der Waals surface area contributed by atoms with Gasteiger partial charge >= 0.3 is 6.03 Å². The van der Waals surface area contributed by atoms with Gasteiger partial charge in [0.1, 0.15) is 11.9 Å². The second kappa shape index (κ2) is 8.59. The molecule has 0 bridgehead atoms. The molecule has 2 N–H and O–H groups in total. The van der Waals surface area contributed by atoms with E-state index in [0.717, 1.165) is 25.7 Å². The van der Waals surface area contributed by atoms with Crippen LogP contribution in [0.3, 0.4) is 0 Å². The predicted octanol–water partition coefficient (Wildman–Crippen LogP) is 2.05. The molecule has 3 amide bonds. The van der Waals surface area contributed by atoms with E-state index in [-0.39, 0.29) is 18.0 Å². The van der Waals surface area contributed by atoms with Crippen molar-refractivity contribution in [2.75, 3.05) is 19.6 Å². The molecule has 2 aromatic heterocycles. The first-order chi connectivity index (χ1) is 14.1. The number of carbonyl (C=O) groups is 2. The van der Waals surface area contributed by atoms with Crippen molar-refractivity contribution in [2.24, 2.45) is 0 Å². The smallest absolute Gasteiger partial charge is 0.317 e. The maximum absolute atomic E-state index is 13.2. The highest BCUT2D eigenvalue weighted by atomic mass is 16.2. The van der Waals surface area contributed by atoms with E-state index in [1.54, 1.807) is 34.3 Å². The van der Waals surface area contributed by atoms with Gasteiger partial charge in [-0.1, -0.05) is 12.8 Å². The number of aromatic amines is 1. The van der Waals surface area contributed by atoms with Crippen LogP contribution in [0.4, 0.5) is 4.79 Å². The number of nitrogens with zero attached hydrogens (tertiary/aromatic N) is 5. The third kappa shape index (κ3) is 4.38. The van der Waals surface area contributed by atoms with E-state index < -0.39 is 6.04 Å². The van der Waals surface area contributed by atoms with Crippen molar-refractivity contribution in [2.45, 2.75) is 51.1 Å². The van der Waals surface area contributed by atoms with Crippen molar-refractivity contribution >= 4 is 11.9 Å². The Labute approximate surface area is 169 Å². The van der Waals surface area contributed by atoms with Gasteiger partial charge in [-0.25, -0.2) is 9.78 Å². The Balaban J connectivity index is 1.57. The molecule has 9 heteroatoms. The average Bonchev–Trinajstić information content (AvgIpc) is 3.34. The van der Waals surface area contributed by atoms with Gasteiger partial charge in [0.25, 0.3) is 5.91 Å². The number of nitrogens with one attached hydrogen (secondary N) is 2. The summed E-state index contributed by atoms with van der Waals surface area (Å²) in [5, 5.41) is 10.3. The first kappa shape index (κ1) is 19.4. The van der Waals surface area contributed by atoms with Crippen LogP contribution in [0.15, 0.2) is 24.5 Å². The van der Waals surface area contributed by atoms with Crippen LogP contribution in [0, 0.1) is 6.92 Å². The molecule has 0 radical (unpaired) electrons. The van der Waals surface area contributed by atoms with E-state index in [1.807, 2.05) is 6.92 Å². The zero-order chi connectivity index (χ0) is 20.2.